The van der Waals surface area contributed by atoms with Crippen molar-refractivity contribution in [2.45, 2.75) is 68.4 Å². The van der Waals surface area contributed by atoms with Gasteiger partial charge in [0.2, 0.25) is 0 Å². The van der Waals surface area contributed by atoms with Crippen LogP contribution in [0, 0.1) is 5.92 Å². The third kappa shape index (κ3) is 4.63. The lowest BCUT2D eigenvalue weighted by atomic mass is 9.82. The van der Waals surface area contributed by atoms with Gasteiger partial charge < -0.3 is 15.2 Å². The number of nitrogens with one attached hydrogen (secondary N) is 1. The third-order valence-electron chi connectivity index (χ3n) is 4.96. The second-order valence-electron chi connectivity index (χ2n) is 6.35. The van der Waals surface area contributed by atoms with Gasteiger partial charge in [0, 0.05) is 13.2 Å². The molecule has 21 heavy (non-hydrogen) atoms. The van der Waals surface area contributed by atoms with Crippen molar-refractivity contribution in [2.75, 3.05) is 13.7 Å². The first-order chi connectivity index (χ1) is 9.91. The Labute approximate surface area is 127 Å². The van der Waals surface area contributed by atoms with Gasteiger partial charge >= 0.3 is 0 Å². The highest BCUT2D eigenvalue weighted by molar-refractivity contribution is 7.86. The van der Waals surface area contributed by atoms with Gasteiger partial charge in [0.15, 0.2) is 0 Å². The normalized spacial score (nSPS) is 38.3. The average Bonchev–Trinajstić information content (AvgIpc) is 2.45. The number of piperidine rings is 1. The molecule has 0 radical (unpaired) electrons. The molecule has 5 atom stereocenters. The maximum atomic E-state index is 11.5. The summed E-state index contributed by atoms with van der Waals surface area (Å²) in [6, 6.07) is 0.114. The molecule has 0 spiro atoms. The van der Waals surface area contributed by atoms with E-state index in [4.69, 9.17) is 4.74 Å². The predicted molar refractivity (Wildman–Crippen MR) is 79.7 cm³/mol. The fourth-order valence-electron chi connectivity index (χ4n) is 3.67. The van der Waals surface area contributed by atoms with Crippen LogP contribution in [0.25, 0.3) is 0 Å². The molecule has 124 valence electrons. The minimum Gasteiger partial charge on any atom is -0.392 e. The summed E-state index contributed by atoms with van der Waals surface area (Å²) in [5.74, 6) is 0.263. The van der Waals surface area contributed by atoms with Crippen LogP contribution in [0.4, 0.5) is 0 Å². The van der Waals surface area contributed by atoms with Crippen LogP contribution in [-0.2, 0) is 14.9 Å². The van der Waals surface area contributed by atoms with Crippen LogP contribution in [0.15, 0.2) is 0 Å². The molecule has 6 nitrogen and oxygen atoms in total. The van der Waals surface area contributed by atoms with E-state index in [9.17, 15) is 18.1 Å². The first kappa shape index (κ1) is 17.1. The minimum atomic E-state index is -4.06. The molecule has 0 amide bonds. The van der Waals surface area contributed by atoms with Gasteiger partial charge in [-0.1, -0.05) is 0 Å². The maximum Gasteiger partial charge on any atom is 0.270 e. The molecule has 2 fully saturated rings. The zero-order valence-corrected chi connectivity index (χ0v) is 13.4. The first-order valence-electron chi connectivity index (χ1n) is 7.82. The molecule has 2 rings (SSSR count). The highest BCUT2D eigenvalue weighted by Gasteiger charge is 2.38. The van der Waals surface area contributed by atoms with E-state index >= 15 is 0 Å². The fourth-order valence-corrected chi connectivity index (χ4v) is 4.82. The van der Waals surface area contributed by atoms with Crippen LogP contribution in [0.5, 0.6) is 0 Å². The zero-order chi connectivity index (χ0) is 15.5. The third-order valence-corrected chi connectivity index (χ3v) is 6.22. The Morgan fingerprint density at radius 2 is 2.00 bits per heavy atom. The average molecular weight is 321 g/mol. The molecule has 1 aliphatic carbocycles. The number of aliphatic hydroxyl groups is 1. The van der Waals surface area contributed by atoms with Crippen molar-refractivity contribution in [1.82, 2.24) is 5.32 Å². The largest absolute Gasteiger partial charge is 0.392 e. The van der Waals surface area contributed by atoms with E-state index in [1.165, 1.54) is 7.11 Å². The fraction of sp³-hybridized carbons (Fsp3) is 1.00. The van der Waals surface area contributed by atoms with Gasteiger partial charge in [-0.15, -0.1) is 0 Å². The molecular weight excluding hydrogens is 294 g/mol. The lowest BCUT2D eigenvalue weighted by molar-refractivity contribution is 0.0516. The highest BCUT2D eigenvalue weighted by Crippen LogP contribution is 2.33. The lowest BCUT2D eigenvalue weighted by Gasteiger charge is -2.35. The van der Waals surface area contributed by atoms with E-state index in [1.54, 1.807) is 0 Å². The van der Waals surface area contributed by atoms with Gasteiger partial charge in [0.25, 0.3) is 10.1 Å². The van der Waals surface area contributed by atoms with Crippen LogP contribution >= 0.6 is 0 Å². The van der Waals surface area contributed by atoms with Gasteiger partial charge in [-0.25, -0.2) is 0 Å². The highest BCUT2D eigenvalue weighted by atomic mass is 32.2. The molecule has 1 saturated carbocycles. The van der Waals surface area contributed by atoms with Gasteiger partial charge in [-0.05, 0) is 57.4 Å². The van der Waals surface area contributed by atoms with E-state index in [1.807, 2.05) is 0 Å². The molecule has 0 aromatic heterocycles. The Morgan fingerprint density at radius 1 is 1.24 bits per heavy atom. The number of rotatable bonds is 5. The van der Waals surface area contributed by atoms with E-state index in [0.29, 0.717) is 12.8 Å². The maximum absolute atomic E-state index is 11.5. The van der Waals surface area contributed by atoms with Crippen LogP contribution in [0.2, 0.25) is 0 Å². The van der Waals surface area contributed by atoms with E-state index < -0.39 is 21.5 Å². The summed E-state index contributed by atoms with van der Waals surface area (Å²) in [6.45, 7) is 0.936. The Hall–Kier alpha value is -0.210. The molecule has 1 heterocycles. The molecule has 0 aromatic carbocycles. The van der Waals surface area contributed by atoms with Crippen LogP contribution < -0.4 is 5.32 Å². The van der Waals surface area contributed by atoms with Crippen molar-refractivity contribution in [1.29, 1.82) is 0 Å². The van der Waals surface area contributed by atoms with Gasteiger partial charge in [-0.3, -0.25) is 4.55 Å². The smallest absolute Gasteiger partial charge is 0.270 e. The number of hydrogen-bond acceptors (Lipinski definition) is 5. The Morgan fingerprint density at radius 3 is 2.62 bits per heavy atom. The van der Waals surface area contributed by atoms with Gasteiger partial charge in [-0.2, -0.15) is 8.42 Å². The molecule has 0 aromatic rings. The number of methoxy groups -OCH3 is 1. The molecular formula is C14H27NO5S. The monoisotopic (exact) mass is 321 g/mol. The van der Waals surface area contributed by atoms with Crippen LogP contribution in [0.1, 0.15) is 44.9 Å². The lowest BCUT2D eigenvalue weighted by Crippen LogP contribution is -2.45. The molecule has 3 N–H and O–H groups in total. The zero-order valence-electron chi connectivity index (χ0n) is 12.6. The molecule has 5 unspecified atom stereocenters. The second kappa shape index (κ2) is 7.37. The van der Waals surface area contributed by atoms with Gasteiger partial charge in [0.05, 0.1) is 12.2 Å². The summed E-state index contributed by atoms with van der Waals surface area (Å²) in [7, 11) is -2.57. The number of ether oxygens (including phenoxy) is 1. The van der Waals surface area contributed by atoms with Gasteiger partial charge in [0.1, 0.15) is 5.25 Å². The van der Waals surface area contributed by atoms with Crippen molar-refractivity contribution in [3.63, 3.8) is 0 Å². The quantitative estimate of drug-likeness (QED) is 0.653. The van der Waals surface area contributed by atoms with Crippen molar-refractivity contribution < 1.29 is 22.8 Å². The van der Waals surface area contributed by atoms with Crippen molar-refractivity contribution in [2.24, 2.45) is 5.92 Å². The Bertz CT molecular complexity index is 427. The van der Waals surface area contributed by atoms with E-state index in [-0.39, 0.29) is 18.1 Å². The summed E-state index contributed by atoms with van der Waals surface area (Å²) in [4.78, 5) is 0. The first-order valence-corrected chi connectivity index (χ1v) is 9.32. The van der Waals surface area contributed by atoms with Crippen LogP contribution in [-0.4, -0.2) is 55.2 Å². The number of hydrogen-bond donors (Lipinski definition) is 3. The number of aliphatic hydroxyl groups excluding tert-OH is 1. The SMILES string of the molecule is COC1CCC(CCC2NCCCC2O)CC1S(=O)(=O)O. The summed E-state index contributed by atoms with van der Waals surface area (Å²) < 4.78 is 37.5. The second-order valence-corrected chi connectivity index (χ2v) is 7.99. The molecule has 2 aliphatic rings. The molecule has 1 aliphatic heterocycles. The van der Waals surface area contributed by atoms with Crippen molar-refractivity contribution >= 4 is 10.1 Å². The predicted octanol–water partition coefficient (Wildman–Crippen LogP) is 0.951. The standard InChI is InChI=1S/C14H27NO5S/c1-20-13-7-5-10(9-14(13)21(17,18)19)4-6-11-12(16)3-2-8-15-11/h10-16H,2-9H2,1H3,(H,17,18,19). The van der Waals surface area contributed by atoms with E-state index in [0.717, 1.165) is 38.6 Å². The summed E-state index contributed by atoms with van der Waals surface area (Å²) in [5.41, 5.74) is 0. The summed E-state index contributed by atoms with van der Waals surface area (Å²) in [6.07, 6.45) is 4.86. The Balaban J connectivity index is 1.87. The van der Waals surface area contributed by atoms with Crippen molar-refractivity contribution in [3.8, 4) is 0 Å². The molecule has 0 bridgehead atoms. The minimum absolute atomic E-state index is 0.114. The van der Waals surface area contributed by atoms with Crippen molar-refractivity contribution in [3.05, 3.63) is 0 Å². The molecule has 1 saturated heterocycles. The van der Waals surface area contributed by atoms with E-state index in [2.05, 4.69) is 5.32 Å². The summed E-state index contributed by atoms with van der Waals surface area (Å²) >= 11 is 0. The topological polar surface area (TPSA) is 95.9 Å². The Kier molecular flexibility index (Phi) is 6.02. The van der Waals surface area contributed by atoms with Crippen LogP contribution in [0.3, 0.4) is 0 Å². The molecule has 7 heteroatoms. The summed E-state index contributed by atoms with van der Waals surface area (Å²) in [5, 5.41) is 12.5.